The van der Waals surface area contributed by atoms with Gasteiger partial charge in [0.2, 0.25) is 21.8 Å². The van der Waals surface area contributed by atoms with Gasteiger partial charge in [-0.3, -0.25) is 9.59 Å². The van der Waals surface area contributed by atoms with Crippen LogP contribution in [-0.2, 0) is 26.0 Å². The van der Waals surface area contributed by atoms with Crippen molar-refractivity contribution in [1.29, 1.82) is 0 Å². The first-order valence-corrected chi connectivity index (χ1v) is 11.5. The lowest BCUT2D eigenvalue weighted by molar-refractivity contribution is -0.120. The predicted octanol–water partition coefficient (Wildman–Crippen LogP) is 2.58. The Hall–Kier alpha value is -2.36. The average molecular weight is 434 g/mol. The maximum absolute atomic E-state index is 12.5. The Balaban J connectivity index is 1.84. The fraction of sp³-hybridized carbons (Fsp3) is 0.300. The minimum atomic E-state index is -3.65. The van der Waals surface area contributed by atoms with E-state index < -0.39 is 10.0 Å². The second kappa shape index (κ2) is 8.56. The standard InChI is InChI=1S/C20H23N3O4S2/c1-4-14-5-7-15(8-6-14)21-19(24)12-23-17-11-16(29(26,27)22(2)3)9-10-18(17)28-13-20(23)25/h5-11H,4,12-13H2,1-3H3,(H,21,24). The lowest BCUT2D eigenvalue weighted by Gasteiger charge is -2.29. The third-order valence-electron chi connectivity index (χ3n) is 4.60. The first-order valence-electron chi connectivity index (χ1n) is 9.11. The van der Waals surface area contributed by atoms with E-state index >= 15 is 0 Å². The van der Waals surface area contributed by atoms with Crippen molar-refractivity contribution in [1.82, 2.24) is 4.31 Å². The van der Waals surface area contributed by atoms with Gasteiger partial charge in [-0.1, -0.05) is 19.1 Å². The molecule has 0 aliphatic carbocycles. The van der Waals surface area contributed by atoms with Crippen LogP contribution in [0, 0.1) is 0 Å². The average Bonchev–Trinajstić information content (AvgIpc) is 2.70. The zero-order valence-electron chi connectivity index (χ0n) is 16.5. The smallest absolute Gasteiger partial charge is 0.244 e. The summed E-state index contributed by atoms with van der Waals surface area (Å²) in [7, 11) is -0.753. The molecular weight excluding hydrogens is 410 g/mol. The largest absolute Gasteiger partial charge is 0.325 e. The molecule has 1 heterocycles. The van der Waals surface area contributed by atoms with E-state index in [1.54, 1.807) is 6.07 Å². The van der Waals surface area contributed by atoms with Crippen LogP contribution in [0.2, 0.25) is 0 Å². The summed E-state index contributed by atoms with van der Waals surface area (Å²) in [5, 5.41) is 2.79. The lowest BCUT2D eigenvalue weighted by atomic mass is 10.1. The van der Waals surface area contributed by atoms with Crippen LogP contribution in [0.4, 0.5) is 11.4 Å². The van der Waals surface area contributed by atoms with E-state index in [4.69, 9.17) is 0 Å². The zero-order chi connectivity index (χ0) is 21.2. The van der Waals surface area contributed by atoms with Crippen molar-refractivity contribution >= 4 is 45.0 Å². The van der Waals surface area contributed by atoms with Crippen molar-refractivity contribution in [2.75, 3.05) is 36.6 Å². The highest BCUT2D eigenvalue weighted by atomic mass is 32.2. The number of sulfonamides is 1. The number of carbonyl (C=O) groups excluding carboxylic acids is 2. The predicted molar refractivity (Wildman–Crippen MR) is 115 cm³/mol. The van der Waals surface area contributed by atoms with E-state index in [1.165, 1.54) is 42.9 Å². The topological polar surface area (TPSA) is 86.8 Å². The molecule has 0 atom stereocenters. The number of rotatable bonds is 6. The number of nitrogens with one attached hydrogen (secondary N) is 1. The Kier molecular flexibility index (Phi) is 6.30. The number of hydrogen-bond acceptors (Lipinski definition) is 5. The maximum atomic E-state index is 12.5. The van der Waals surface area contributed by atoms with Gasteiger partial charge in [0.15, 0.2) is 0 Å². The number of anilines is 2. The summed E-state index contributed by atoms with van der Waals surface area (Å²) < 4.78 is 26.0. The summed E-state index contributed by atoms with van der Waals surface area (Å²) in [6, 6.07) is 12.2. The molecule has 2 aromatic rings. The first-order chi connectivity index (χ1) is 13.7. The zero-order valence-corrected chi connectivity index (χ0v) is 18.1. The summed E-state index contributed by atoms with van der Waals surface area (Å²) in [6.45, 7) is 1.86. The molecule has 0 saturated heterocycles. The molecule has 0 bridgehead atoms. The first kappa shape index (κ1) is 21.4. The molecule has 154 valence electrons. The second-order valence-corrected chi connectivity index (χ2v) is 9.95. The molecule has 0 spiro atoms. The number of benzene rings is 2. The minimum Gasteiger partial charge on any atom is -0.325 e. The number of aryl methyl sites for hydroxylation is 1. The molecule has 2 amide bonds. The Morgan fingerprint density at radius 1 is 1.17 bits per heavy atom. The second-order valence-electron chi connectivity index (χ2n) is 6.78. The SMILES string of the molecule is CCc1ccc(NC(=O)CN2C(=O)CSc3ccc(S(=O)(=O)N(C)C)cc32)cc1. The minimum absolute atomic E-state index is 0.0807. The molecule has 0 fully saturated rings. The summed E-state index contributed by atoms with van der Waals surface area (Å²) in [5.41, 5.74) is 2.25. The van der Waals surface area contributed by atoms with Crippen LogP contribution in [0.25, 0.3) is 0 Å². The van der Waals surface area contributed by atoms with Gasteiger partial charge in [-0.25, -0.2) is 12.7 Å². The van der Waals surface area contributed by atoms with Crippen molar-refractivity contribution < 1.29 is 18.0 Å². The van der Waals surface area contributed by atoms with E-state index in [2.05, 4.69) is 12.2 Å². The van der Waals surface area contributed by atoms with Crippen LogP contribution in [0.5, 0.6) is 0 Å². The monoisotopic (exact) mass is 433 g/mol. The molecule has 0 radical (unpaired) electrons. The van der Waals surface area contributed by atoms with Gasteiger partial charge < -0.3 is 10.2 Å². The summed E-state index contributed by atoms with van der Waals surface area (Å²) in [4.78, 5) is 27.2. The molecule has 0 saturated carbocycles. The maximum Gasteiger partial charge on any atom is 0.244 e. The molecule has 1 N–H and O–H groups in total. The van der Waals surface area contributed by atoms with Crippen LogP contribution < -0.4 is 10.2 Å². The number of hydrogen-bond donors (Lipinski definition) is 1. The molecule has 7 nitrogen and oxygen atoms in total. The van der Waals surface area contributed by atoms with E-state index in [1.807, 2.05) is 24.3 Å². The highest BCUT2D eigenvalue weighted by molar-refractivity contribution is 8.00. The van der Waals surface area contributed by atoms with Crippen LogP contribution in [-0.4, -0.2) is 50.9 Å². The molecule has 9 heteroatoms. The molecule has 1 aliphatic rings. The third kappa shape index (κ3) is 4.63. The molecule has 29 heavy (non-hydrogen) atoms. The van der Waals surface area contributed by atoms with Gasteiger partial charge in [-0.15, -0.1) is 11.8 Å². The van der Waals surface area contributed by atoms with Crippen molar-refractivity contribution in [2.45, 2.75) is 23.1 Å². The number of carbonyl (C=O) groups is 2. The van der Waals surface area contributed by atoms with Gasteiger partial charge in [0.1, 0.15) is 6.54 Å². The van der Waals surface area contributed by atoms with Crippen LogP contribution in [0.15, 0.2) is 52.3 Å². The van der Waals surface area contributed by atoms with Crippen LogP contribution in [0.1, 0.15) is 12.5 Å². The van der Waals surface area contributed by atoms with E-state index in [-0.39, 0.29) is 29.0 Å². The Bertz CT molecular complexity index is 1030. The van der Waals surface area contributed by atoms with Gasteiger partial charge in [-0.2, -0.15) is 0 Å². The molecule has 1 aliphatic heterocycles. The van der Waals surface area contributed by atoms with E-state index in [0.29, 0.717) is 11.4 Å². The van der Waals surface area contributed by atoms with Crippen molar-refractivity contribution in [3.05, 3.63) is 48.0 Å². The van der Waals surface area contributed by atoms with Gasteiger partial charge in [-0.05, 0) is 42.3 Å². The van der Waals surface area contributed by atoms with Crippen molar-refractivity contribution in [3.63, 3.8) is 0 Å². The van der Waals surface area contributed by atoms with Gasteiger partial charge in [0, 0.05) is 24.7 Å². The summed E-state index contributed by atoms with van der Waals surface area (Å²) in [5.74, 6) is -0.384. The van der Waals surface area contributed by atoms with Gasteiger partial charge in [0.25, 0.3) is 0 Å². The van der Waals surface area contributed by atoms with E-state index in [9.17, 15) is 18.0 Å². The molecule has 2 aromatic carbocycles. The fourth-order valence-electron chi connectivity index (χ4n) is 2.89. The molecular formula is C20H23N3O4S2. The number of thioether (sulfide) groups is 1. The molecule has 3 rings (SSSR count). The van der Waals surface area contributed by atoms with Gasteiger partial charge >= 0.3 is 0 Å². The van der Waals surface area contributed by atoms with E-state index in [0.717, 1.165) is 21.2 Å². The molecule has 0 aromatic heterocycles. The number of fused-ring (bicyclic) bond motifs is 1. The Morgan fingerprint density at radius 2 is 1.86 bits per heavy atom. The lowest BCUT2D eigenvalue weighted by Crippen LogP contribution is -2.41. The number of nitrogens with zero attached hydrogens (tertiary/aromatic N) is 2. The third-order valence-corrected chi connectivity index (χ3v) is 7.46. The van der Waals surface area contributed by atoms with Crippen LogP contribution >= 0.6 is 11.8 Å². The quantitative estimate of drug-likeness (QED) is 0.757. The summed E-state index contributed by atoms with van der Waals surface area (Å²) in [6.07, 6.45) is 0.906. The Morgan fingerprint density at radius 3 is 2.48 bits per heavy atom. The highest BCUT2D eigenvalue weighted by Crippen LogP contribution is 2.37. The molecule has 0 unspecified atom stereocenters. The van der Waals surface area contributed by atoms with Crippen molar-refractivity contribution in [3.8, 4) is 0 Å². The summed E-state index contributed by atoms with van der Waals surface area (Å²) >= 11 is 1.33. The normalized spacial score (nSPS) is 14.1. The Labute approximate surface area is 175 Å². The van der Waals surface area contributed by atoms with Crippen LogP contribution in [0.3, 0.4) is 0 Å². The van der Waals surface area contributed by atoms with Crippen molar-refractivity contribution in [2.24, 2.45) is 0 Å². The highest BCUT2D eigenvalue weighted by Gasteiger charge is 2.29. The van der Waals surface area contributed by atoms with Gasteiger partial charge in [0.05, 0.1) is 16.3 Å². The fourth-order valence-corrected chi connectivity index (χ4v) is 4.73. The number of amides is 2.